The lowest BCUT2D eigenvalue weighted by Crippen LogP contribution is -2.38. The summed E-state index contributed by atoms with van der Waals surface area (Å²) in [5, 5.41) is 23.6. The van der Waals surface area contributed by atoms with Gasteiger partial charge in [-0.15, -0.1) is 44.4 Å². The number of anilines is 1. The van der Waals surface area contributed by atoms with Gasteiger partial charge in [0.2, 0.25) is 0 Å². The predicted molar refractivity (Wildman–Crippen MR) is 144 cm³/mol. The van der Waals surface area contributed by atoms with Gasteiger partial charge in [-0.3, -0.25) is 4.40 Å². The van der Waals surface area contributed by atoms with Crippen LogP contribution in [0.15, 0.2) is 59.7 Å². The summed E-state index contributed by atoms with van der Waals surface area (Å²) in [7, 11) is 4.05. The highest BCUT2D eigenvalue weighted by molar-refractivity contribution is 14.0. The lowest BCUT2D eigenvalue weighted by Gasteiger charge is -2.19. The van der Waals surface area contributed by atoms with Crippen molar-refractivity contribution in [2.24, 2.45) is 12.0 Å². The molecular weight excluding hydrogens is 543 g/mol. The van der Waals surface area contributed by atoms with Crippen LogP contribution in [0.5, 0.6) is 0 Å². The largest absolute Gasteiger partial charge is 0.375 e. The molecule has 0 spiro atoms. The van der Waals surface area contributed by atoms with E-state index in [2.05, 4.69) is 67.2 Å². The molecule has 0 unspecified atom stereocenters. The van der Waals surface area contributed by atoms with E-state index in [0.29, 0.717) is 19.0 Å². The monoisotopic (exact) mass is 574 g/mol. The summed E-state index contributed by atoms with van der Waals surface area (Å²) < 4.78 is 3.91. The Balaban J connectivity index is 0.00000324. The highest BCUT2D eigenvalue weighted by atomic mass is 127. The predicted octanol–water partition coefficient (Wildman–Crippen LogP) is 2.55. The van der Waals surface area contributed by atoms with E-state index >= 15 is 0 Å². The first-order valence-electron chi connectivity index (χ1n) is 11.0. The average molecular weight is 574 g/mol. The van der Waals surface area contributed by atoms with E-state index in [1.807, 2.05) is 53.4 Å². The van der Waals surface area contributed by atoms with Gasteiger partial charge < -0.3 is 20.1 Å². The van der Waals surface area contributed by atoms with Crippen LogP contribution in [0.25, 0.3) is 5.65 Å². The summed E-state index contributed by atoms with van der Waals surface area (Å²) in [5.41, 5.74) is 2.03. The van der Waals surface area contributed by atoms with Gasteiger partial charge in [0.15, 0.2) is 23.3 Å². The number of rotatable bonds is 9. The number of fused-ring (bicyclic) bond motifs is 1. The second kappa shape index (κ2) is 12.3. The number of hydrogen-bond acceptors (Lipinski definition) is 6. The number of para-hydroxylation sites is 1. The summed E-state index contributed by atoms with van der Waals surface area (Å²) in [5.74, 6) is 3.19. The Kier molecular flexibility index (Phi) is 9.19. The van der Waals surface area contributed by atoms with Gasteiger partial charge in [0.05, 0.1) is 6.54 Å². The molecule has 0 bridgehead atoms. The SMILES string of the molecule is Cc1nnc(CN=C(NCCCN(C)c2ccccc2)NCc2nnc3ccccn23)n1C.I. The van der Waals surface area contributed by atoms with E-state index in [9.17, 15) is 0 Å². The Hall–Kier alpha value is -3.22. The van der Waals surface area contributed by atoms with Crippen molar-refractivity contribution in [1.82, 2.24) is 40.0 Å². The van der Waals surface area contributed by atoms with Crippen molar-refractivity contribution >= 4 is 41.3 Å². The number of aliphatic imine (C=N–C) groups is 1. The third-order valence-corrected chi connectivity index (χ3v) is 5.52. The molecule has 0 fully saturated rings. The summed E-state index contributed by atoms with van der Waals surface area (Å²) in [4.78, 5) is 6.97. The number of pyridine rings is 1. The normalized spacial score (nSPS) is 11.3. The van der Waals surface area contributed by atoms with Gasteiger partial charge in [-0.2, -0.15) is 0 Å². The molecular formula is C23H31IN10. The fraction of sp³-hybridized carbons (Fsp3) is 0.348. The highest BCUT2D eigenvalue weighted by Crippen LogP contribution is 2.10. The van der Waals surface area contributed by atoms with Gasteiger partial charge in [-0.05, 0) is 37.6 Å². The molecule has 0 amide bonds. The van der Waals surface area contributed by atoms with Crippen LogP contribution in [0.1, 0.15) is 23.9 Å². The Morgan fingerprint density at radius 2 is 1.74 bits per heavy atom. The second-order valence-corrected chi connectivity index (χ2v) is 7.82. The third kappa shape index (κ3) is 6.43. The molecule has 3 heterocycles. The fourth-order valence-electron chi connectivity index (χ4n) is 3.42. The minimum atomic E-state index is 0. The fourth-order valence-corrected chi connectivity index (χ4v) is 3.42. The topological polar surface area (TPSA) is 101 Å². The Morgan fingerprint density at radius 1 is 0.971 bits per heavy atom. The van der Waals surface area contributed by atoms with Crippen LogP contribution in [0.4, 0.5) is 5.69 Å². The summed E-state index contributed by atoms with van der Waals surface area (Å²) in [6.07, 6.45) is 2.92. The zero-order chi connectivity index (χ0) is 23.0. The Morgan fingerprint density at radius 3 is 2.50 bits per heavy atom. The van der Waals surface area contributed by atoms with E-state index in [0.717, 1.165) is 42.6 Å². The van der Waals surface area contributed by atoms with Crippen LogP contribution in [-0.2, 0) is 20.1 Å². The quantitative estimate of drug-likeness (QED) is 0.137. The summed E-state index contributed by atoms with van der Waals surface area (Å²) in [6, 6.07) is 16.2. The number of aryl methyl sites for hydroxylation is 1. The van der Waals surface area contributed by atoms with E-state index < -0.39 is 0 Å². The van der Waals surface area contributed by atoms with Crippen LogP contribution >= 0.6 is 24.0 Å². The molecule has 0 radical (unpaired) electrons. The number of aromatic nitrogens is 6. The van der Waals surface area contributed by atoms with Crippen LogP contribution < -0.4 is 15.5 Å². The van der Waals surface area contributed by atoms with Crippen molar-refractivity contribution in [2.45, 2.75) is 26.4 Å². The van der Waals surface area contributed by atoms with Gasteiger partial charge in [0.1, 0.15) is 12.4 Å². The van der Waals surface area contributed by atoms with Crippen molar-refractivity contribution in [3.63, 3.8) is 0 Å². The number of guanidine groups is 1. The number of halogens is 1. The van der Waals surface area contributed by atoms with Gasteiger partial charge in [-0.1, -0.05) is 24.3 Å². The van der Waals surface area contributed by atoms with E-state index in [1.165, 1.54) is 5.69 Å². The smallest absolute Gasteiger partial charge is 0.192 e. The third-order valence-electron chi connectivity index (χ3n) is 5.52. The maximum atomic E-state index is 4.72. The van der Waals surface area contributed by atoms with Gasteiger partial charge >= 0.3 is 0 Å². The molecule has 0 saturated heterocycles. The maximum Gasteiger partial charge on any atom is 0.192 e. The average Bonchev–Trinajstić information content (AvgIpc) is 3.41. The van der Waals surface area contributed by atoms with Crippen molar-refractivity contribution in [3.8, 4) is 0 Å². The lowest BCUT2D eigenvalue weighted by molar-refractivity contribution is 0.707. The van der Waals surface area contributed by atoms with Crippen molar-refractivity contribution in [1.29, 1.82) is 0 Å². The second-order valence-electron chi connectivity index (χ2n) is 7.82. The maximum absolute atomic E-state index is 4.72. The molecule has 11 heteroatoms. The molecule has 4 rings (SSSR count). The molecule has 0 atom stereocenters. The number of hydrogen-bond donors (Lipinski definition) is 2. The molecule has 180 valence electrons. The van der Waals surface area contributed by atoms with Crippen LogP contribution in [-0.4, -0.2) is 55.5 Å². The van der Waals surface area contributed by atoms with E-state index in [-0.39, 0.29) is 24.0 Å². The van der Waals surface area contributed by atoms with Crippen molar-refractivity contribution in [2.75, 3.05) is 25.0 Å². The zero-order valence-corrected chi connectivity index (χ0v) is 22.0. The molecule has 10 nitrogen and oxygen atoms in total. The Labute approximate surface area is 216 Å². The minimum absolute atomic E-state index is 0. The van der Waals surface area contributed by atoms with E-state index in [1.54, 1.807) is 0 Å². The number of nitrogens with one attached hydrogen (secondary N) is 2. The molecule has 4 aromatic rings. The first-order valence-corrected chi connectivity index (χ1v) is 11.0. The van der Waals surface area contributed by atoms with Crippen molar-refractivity contribution in [3.05, 3.63) is 72.2 Å². The van der Waals surface area contributed by atoms with Crippen molar-refractivity contribution < 1.29 is 0 Å². The Bertz CT molecular complexity index is 1200. The van der Waals surface area contributed by atoms with Crippen LogP contribution in [0.2, 0.25) is 0 Å². The molecule has 3 aromatic heterocycles. The molecule has 2 N–H and O–H groups in total. The molecule has 34 heavy (non-hydrogen) atoms. The molecule has 0 aliphatic heterocycles. The lowest BCUT2D eigenvalue weighted by atomic mass is 10.3. The molecule has 0 aliphatic rings. The number of nitrogens with zero attached hydrogens (tertiary/aromatic N) is 8. The summed E-state index contributed by atoms with van der Waals surface area (Å²) >= 11 is 0. The van der Waals surface area contributed by atoms with Gasteiger partial charge in [-0.25, -0.2) is 4.99 Å². The van der Waals surface area contributed by atoms with Crippen LogP contribution in [0.3, 0.4) is 0 Å². The van der Waals surface area contributed by atoms with Crippen LogP contribution in [0, 0.1) is 6.92 Å². The first-order chi connectivity index (χ1) is 16.1. The molecule has 0 saturated carbocycles. The first kappa shape index (κ1) is 25.4. The minimum Gasteiger partial charge on any atom is -0.375 e. The zero-order valence-electron chi connectivity index (χ0n) is 19.7. The van der Waals surface area contributed by atoms with E-state index in [4.69, 9.17) is 4.99 Å². The van der Waals surface area contributed by atoms with Gasteiger partial charge in [0, 0.05) is 39.1 Å². The number of benzene rings is 1. The standard InChI is InChI=1S/C23H30N10.HI/c1-18-27-29-21(32(18)3)16-25-23(24-13-9-14-31(2)19-10-5-4-6-11-19)26-17-22-30-28-20-12-7-8-15-33(20)22;/h4-8,10-12,15H,9,13-14,16-17H2,1-3H3,(H2,24,25,26);1H. The van der Waals surface area contributed by atoms with Gasteiger partial charge in [0.25, 0.3) is 0 Å². The molecule has 1 aromatic carbocycles. The molecule has 0 aliphatic carbocycles. The highest BCUT2D eigenvalue weighted by Gasteiger charge is 2.08. The summed E-state index contributed by atoms with van der Waals surface area (Å²) in [6.45, 7) is 4.57.